The Labute approximate surface area is 121 Å². The zero-order chi connectivity index (χ0) is 13.9. The first-order valence-corrected chi connectivity index (χ1v) is 6.71. The van der Waals surface area contributed by atoms with Crippen molar-refractivity contribution in [2.24, 2.45) is 0 Å². The van der Waals surface area contributed by atoms with Crippen molar-refractivity contribution in [3.8, 4) is 0 Å². The van der Waals surface area contributed by atoms with Gasteiger partial charge in [0.15, 0.2) is 5.82 Å². The minimum absolute atomic E-state index is 0.161. The molecule has 0 aliphatic carbocycles. The number of hydrogen-bond donors (Lipinski definition) is 1. The highest BCUT2D eigenvalue weighted by Gasteiger charge is 2.21. The molecule has 0 saturated carbocycles. The SMILES string of the molecule is O=C(Nc1cccnn1)N1CCc2cc(Cl)ccc2C1. The van der Waals surface area contributed by atoms with Gasteiger partial charge in [-0.25, -0.2) is 4.79 Å². The lowest BCUT2D eigenvalue weighted by Gasteiger charge is -2.28. The average molecular weight is 289 g/mol. The summed E-state index contributed by atoms with van der Waals surface area (Å²) in [6.45, 7) is 1.25. The predicted molar refractivity (Wildman–Crippen MR) is 76.6 cm³/mol. The Morgan fingerprint density at radius 3 is 3.00 bits per heavy atom. The number of nitrogens with zero attached hydrogens (tertiary/aromatic N) is 3. The molecule has 1 N–H and O–H groups in total. The number of rotatable bonds is 1. The predicted octanol–water partition coefficient (Wildman–Crippen LogP) is 2.72. The molecule has 0 spiro atoms. The maximum absolute atomic E-state index is 12.2. The van der Waals surface area contributed by atoms with Crippen LogP contribution in [-0.4, -0.2) is 27.7 Å². The molecule has 1 aromatic heterocycles. The van der Waals surface area contributed by atoms with Crippen molar-refractivity contribution in [3.05, 3.63) is 52.7 Å². The van der Waals surface area contributed by atoms with Gasteiger partial charge in [-0.3, -0.25) is 5.32 Å². The van der Waals surface area contributed by atoms with E-state index in [1.807, 2.05) is 18.2 Å². The van der Waals surface area contributed by atoms with E-state index in [0.717, 1.165) is 17.0 Å². The quantitative estimate of drug-likeness (QED) is 0.878. The van der Waals surface area contributed by atoms with Crippen LogP contribution in [0.25, 0.3) is 0 Å². The molecule has 0 fully saturated rings. The van der Waals surface area contributed by atoms with Crippen LogP contribution in [0.1, 0.15) is 11.1 Å². The molecule has 0 radical (unpaired) electrons. The third-order valence-corrected chi connectivity index (χ3v) is 3.51. The molecule has 102 valence electrons. The maximum Gasteiger partial charge on any atom is 0.323 e. The zero-order valence-corrected chi connectivity index (χ0v) is 11.5. The van der Waals surface area contributed by atoms with Gasteiger partial charge in [0.2, 0.25) is 0 Å². The lowest BCUT2D eigenvalue weighted by Crippen LogP contribution is -2.39. The highest BCUT2D eigenvalue weighted by molar-refractivity contribution is 6.30. The molecule has 6 heteroatoms. The fraction of sp³-hybridized carbons (Fsp3) is 0.214. The van der Waals surface area contributed by atoms with Crippen LogP contribution in [0.5, 0.6) is 0 Å². The molecule has 5 nitrogen and oxygen atoms in total. The fourth-order valence-electron chi connectivity index (χ4n) is 2.25. The molecular weight excluding hydrogens is 276 g/mol. The van der Waals surface area contributed by atoms with E-state index in [1.54, 1.807) is 23.2 Å². The summed E-state index contributed by atoms with van der Waals surface area (Å²) in [6, 6.07) is 9.07. The number of urea groups is 1. The molecule has 3 rings (SSSR count). The highest BCUT2D eigenvalue weighted by atomic mass is 35.5. The van der Waals surface area contributed by atoms with Crippen molar-refractivity contribution in [2.45, 2.75) is 13.0 Å². The molecule has 2 amide bonds. The van der Waals surface area contributed by atoms with Crippen LogP contribution in [0, 0.1) is 0 Å². The maximum atomic E-state index is 12.2. The number of halogens is 1. The van der Waals surface area contributed by atoms with Gasteiger partial charge in [-0.15, -0.1) is 5.10 Å². The Kier molecular flexibility index (Phi) is 3.52. The van der Waals surface area contributed by atoms with E-state index in [4.69, 9.17) is 11.6 Å². The molecule has 0 saturated heterocycles. The van der Waals surface area contributed by atoms with Crippen molar-refractivity contribution in [2.75, 3.05) is 11.9 Å². The van der Waals surface area contributed by atoms with Crippen LogP contribution in [0.2, 0.25) is 5.02 Å². The highest BCUT2D eigenvalue weighted by Crippen LogP contribution is 2.22. The smallest absolute Gasteiger partial charge is 0.320 e. The molecule has 2 heterocycles. The fourth-order valence-corrected chi connectivity index (χ4v) is 2.45. The number of hydrogen-bond acceptors (Lipinski definition) is 3. The molecule has 20 heavy (non-hydrogen) atoms. The number of amides is 2. The molecule has 1 aliphatic rings. The van der Waals surface area contributed by atoms with Crippen molar-refractivity contribution < 1.29 is 4.79 Å². The normalized spacial score (nSPS) is 13.8. The van der Waals surface area contributed by atoms with E-state index in [9.17, 15) is 4.79 Å². The Morgan fingerprint density at radius 2 is 2.20 bits per heavy atom. The van der Waals surface area contributed by atoms with Gasteiger partial charge < -0.3 is 4.90 Å². The first-order chi connectivity index (χ1) is 9.72. The van der Waals surface area contributed by atoms with E-state index in [0.29, 0.717) is 18.9 Å². The largest absolute Gasteiger partial charge is 0.323 e. The van der Waals surface area contributed by atoms with Crippen molar-refractivity contribution in [1.82, 2.24) is 15.1 Å². The van der Waals surface area contributed by atoms with E-state index < -0.39 is 0 Å². The second-order valence-electron chi connectivity index (χ2n) is 4.62. The van der Waals surface area contributed by atoms with Crippen LogP contribution in [0.4, 0.5) is 10.6 Å². The van der Waals surface area contributed by atoms with Crippen LogP contribution < -0.4 is 5.32 Å². The topological polar surface area (TPSA) is 58.1 Å². The van der Waals surface area contributed by atoms with Crippen LogP contribution in [0.15, 0.2) is 36.5 Å². The van der Waals surface area contributed by atoms with Gasteiger partial charge in [0.1, 0.15) is 0 Å². The van der Waals surface area contributed by atoms with Gasteiger partial charge >= 0.3 is 6.03 Å². The molecular formula is C14H13ClN4O. The lowest BCUT2D eigenvalue weighted by atomic mass is 10.0. The summed E-state index contributed by atoms with van der Waals surface area (Å²) in [5.41, 5.74) is 2.34. The third-order valence-electron chi connectivity index (χ3n) is 3.28. The number of carbonyl (C=O) groups excluding carboxylic acids is 1. The van der Waals surface area contributed by atoms with Gasteiger partial charge in [0.25, 0.3) is 0 Å². The molecule has 0 atom stereocenters. The standard InChI is InChI=1S/C14H13ClN4O/c15-12-4-3-11-9-19(7-5-10(11)8-12)14(20)17-13-2-1-6-16-18-13/h1-4,6,8H,5,7,9H2,(H,17,18,20). The second-order valence-corrected chi connectivity index (χ2v) is 5.06. The minimum atomic E-state index is -0.161. The van der Waals surface area contributed by atoms with E-state index in [2.05, 4.69) is 15.5 Å². The Morgan fingerprint density at radius 1 is 1.30 bits per heavy atom. The summed E-state index contributed by atoms with van der Waals surface area (Å²) in [5.74, 6) is 0.458. The number of nitrogens with one attached hydrogen (secondary N) is 1. The third kappa shape index (κ3) is 2.72. The van der Waals surface area contributed by atoms with Gasteiger partial charge in [-0.05, 0) is 41.8 Å². The Bertz CT molecular complexity index is 632. The van der Waals surface area contributed by atoms with E-state index in [1.165, 1.54) is 5.56 Å². The summed E-state index contributed by atoms with van der Waals surface area (Å²) in [6.07, 6.45) is 2.38. The van der Waals surface area contributed by atoms with E-state index >= 15 is 0 Å². The average Bonchev–Trinajstić information content (AvgIpc) is 2.47. The molecule has 0 unspecified atom stereocenters. The molecule has 1 aromatic carbocycles. The number of benzene rings is 1. The first kappa shape index (κ1) is 12.9. The number of aromatic nitrogens is 2. The lowest BCUT2D eigenvalue weighted by molar-refractivity contribution is 0.206. The van der Waals surface area contributed by atoms with Gasteiger partial charge in [-0.1, -0.05) is 17.7 Å². The van der Waals surface area contributed by atoms with Gasteiger partial charge in [0.05, 0.1) is 0 Å². The van der Waals surface area contributed by atoms with Crippen LogP contribution in [0.3, 0.4) is 0 Å². The van der Waals surface area contributed by atoms with Crippen molar-refractivity contribution in [1.29, 1.82) is 0 Å². The summed E-state index contributed by atoms with van der Waals surface area (Å²) >= 11 is 5.97. The summed E-state index contributed by atoms with van der Waals surface area (Å²) < 4.78 is 0. The van der Waals surface area contributed by atoms with Gasteiger partial charge in [-0.2, -0.15) is 5.10 Å². The molecule has 1 aliphatic heterocycles. The first-order valence-electron chi connectivity index (χ1n) is 6.33. The molecule has 0 bridgehead atoms. The van der Waals surface area contributed by atoms with Crippen molar-refractivity contribution in [3.63, 3.8) is 0 Å². The summed E-state index contributed by atoms with van der Waals surface area (Å²) in [4.78, 5) is 13.9. The second kappa shape index (κ2) is 5.46. The van der Waals surface area contributed by atoms with Crippen molar-refractivity contribution >= 4 is 23.4 Å². The van der Waals surface area contributed by atoms with Crippen LogP contribution in [-0.2, 0) is 13.0 Å². The zero-order valence-electron chi connectivity index (χ0n) is 10.7. The van der Waals surface area contributed by atoms with Crippen LogP contribution >= 0.6 is 11.6 Å². The Hall–Kier alpha value is -2.14. The monoisotopic (exact) mass is 288 g/mol. The number of anilines is 1. The summed E-state index contributed by atoms with van der Waals surface area (Å²) in [7, 11) is 0. The molecule has 2 aromatic rings. The Balaban J connectivity index is 1.70. The summed E-state index contributed by atoms with van der Waals surface area (Å²) in [5, 5.41) is 11.1. The number of carbonyl (C=O) groups is 1. The number of fused-ring (bicyclic) bond motifs is 1. The van der Waals surface area contributed by atoms with Gasteiger partial charge in [0, 0.05) is 24.3 Å². The minimum Gasteiger partial charge on any atom is -0.320 e. The van der Waals surface area contributed by atoms with E-state index in [-0.39, 0.29) is 6.03 Å².